The molecule has 5 aromatic rings. The lowest BCUT2D eigenvalue weighted by Gasteiger charge is -2.07. The number of fused-ring (bicyclic) bond motifs is 1. The summed E-state index contributed by atoms with van der Waals surface area (Å²) < 4.78 is 3.77. The Bertz CT molecular complexity index is 1470. The van der Waals surface area contributed by atoms with Crippen molar-refractivity contribution in [1.82, 2.24) is 9.13 Å². The van der Waals surface area contributed by atoms with Gasteiger partial charge in [-0.2, -0.15) is 0 Å². The lowest BCUT2D eigenvalue weighted by atomic mass is 10.0. The Morgan fingerprint density at radius 1 is 0.697 bits per heavy atom. The van der Waals surface area contributed by atoms with Crippen LogP contribution in [0.25, 0.3) is 22.2 Å². The third-order valence-corrected chi connectivity index (χ3v) is 6.05. The normalized spacial score (nSPS) is 11.1. The van der Waals surface area contributed by atoms with Crippen LogP contribution in [0.1, 0.15) is 21.5 Å². The lowest BCUT2D eigenvalue weighted by molar-refractivity contribution is 0.0971. The maximum absolute atomic E-state index is 13.1. The SMILES string of the molecule is Cc1ccc(Cn2c(=N)n(CC(=O)c3ccc(-c4ccccc4)cc3)c3ccccc32)cc1. The number of hydrogen-bond acceptors (Lipinski definition) is 2. The number of rotatable bonds is 6. The molecule has 4 nitrogen and oxygen atoms in total. The van der Waals surface area contributed by atoms with E-state index in [0.29, 0.717) is 17.7 Å². The second-order valence-corrected chi connectivity index (χ2v) is 8.34. The highest BCUT2D eigenvalue weighted by Crippen LogP contribution is 2.20. The average Bonchev–Trinajstić information content (AvgIpc) is 3.12. The maximum Gasteiger partial charge on any atom is 0.203 e. The maximum atomic E-state index is 13.1. The zero-order valence-electron chi connectivity index (χ0n) is 18.5. The molecule has 0 unspecified atom stereocenters. The molecule has 0 saturated carbocycles. The number of aryl methyl sites for hydroxylation is 1. The van der Waals surface area contributed by atoms with E-state index in [1.807, 2.05) is 71.3 Å². The number of aromatic nitrogens is 2. The van der Waals surface area contributed by atoms with Gasteiger partial charge in [0.05, 0.1) is 24.1 Å². The van der Waals surface area contributed by atoms with Crippen LogP contribution in [0, 0.1) is 12.3 Å². The summed E-state index contributed by atoms with van der Waals surface area (Å²) in [6, 6.07) is 34.1. The highest BCUT2D eigenvalue weighted by atomic mass is 16.1. The van der Waals surface area contributed by atoms with Crippen molar-refractivity contribution in [2.45, 2.75) is 20.0 Å². The Hall–Kier alpha value is -4.18. The molecule has 162 valence electrons. The number of nitrogens with one attached hydrogen (secondary N) is 1. The fraction of sp³-hybridized carbons (Fsp3) is 0.103. The molecule has 4 aromatic carbocycles. The second-order valence-electron chi connectivity index (χ2n) is 8.34. The van der Waals surface area contributed by atoms with E-state index in [1.54, 1.807) is 4.57 Å². The molecule has 0 aliphatic carbocycles. The summed E-state index contributed by atoms with van der Waals surface area (Å²) in [6.45, 7) is 2.79. The molecule has 5 rings (SSSR count). The Labute approximate surface area is 192 Å². The Morgan fingerprint density at radius 3 is 1.94 bits per heavy atom. The van der Waals surface area contributed by atoms with Crippen molar-refractivity contribution in [3.8, 4) is 11.1 Å². The number of carbonyl (C=O) groups excluding carboxylic acids is 1. The summed E-state index contributed by atoms with van der Waals surface area (Å²) in [4.78, 5) is 13.1. The van der Waals surface area contributed by atoms with E-state index < -0.39 is 0 Å². The van der Waals surface area contributed by atoms with E-state index in [-0.39, 0.29) is 12.3 Å². The molecule has 0 aliphatic heterocycles. The molecule has 0 fully saturated rings. The molecule has 1 heterocycles. The number of nitrogens with zero attached hydrogens (tertiary/aromatic N) is 2. The second kappa shape index (κ2) is 8.75. The summed E-state index contributed by atoms with van der Waals surface area (Å²) in [7, 11) is 0. The quantitative estimate of drug-likeness (QED) is 0.338. The first-order valence-electron chi connectivity index (χ1n) is 11.1. The van der Waals surface area contributed by atoms with E-state index in [0.717, 1.165) is 27.7 Å². The summed E-state index contributed by atoms with van der Waals surface area (Å²) >= 11 is 0. The number of carbonyl (C=O) groups is 1. The summed E-state index contributed by atoms with van der Waals surface area (Å²) in [5.74, 6) is -0.00801. The van der Waals surface area contributed by atoms with Gasteiger partial charge in [-0.15, -0.1) is 0 Å². The number of hydrogen-bond donors (Lipinski definition) is 1. The van der Waals surface area contributed by atoms with E-state index >= 15 is 0 Å². The summed E-state index contributed by atoms with van der Waals surface area (Å²) in [6.07, 6.45) is 0. The zero-order chi connectivity index (χ0) is 22.8. The molecule has 0 atom stereocenters. The lowest BCUT2D eigenvalue weighted by Crippen LogP contribution is -2.27. The van der Waals surface area contributed by atoms with Crippen molar-refractivity contribution in [3.05, 3.63) is 125 Å². The summed E-state index contributed by atoms with van der Waals surface area (Å²) in [5, 5.41) is 8.84. The van der Waals surface area contributed by atoms with Crippen molar-refractivity contribution in [2.75, 3.05) is 0 Å². The molecular formula is C29H25N3O. The van der Waals surface area contributed by atoms with Crippen LogP contribution in [-0.2, 0) is 13.1 Å². The van der Waals surface area contributed by atoms with Gasteiger partial charge in [0.1, 0.15) is 0 Å². The molecule has 0 radical (unpaired) electrons. The van der Waals surface area contributed by atoms with E-state index in [9.17, 15) is 4.79 Å². The van der Waals surface area contributed by atoms with Gasteiger partial charge in [-0.3, -0.25) is 10.2 Å². The molecular weight excluding hydrogens is 406 g/mol. The van der Waals surface area contributed by atoms with Gasteiger partial charge >= 0.3 is 0 Å². The molecule has 0 amide bonds. The molecule has 0 bridgehead atoms. The highest BCUT2D eigenvalue weighted by Gasteiger charge is 2.15. The number of para-hydroxylation sites is 2. The van der Waals surface area contributed by atoms with Crippen molar-refractivity contribution < 1.29 is 4.79 Å². The van der Waals surface area contributed by atoms with Crippen molar-refractivity contribution >= 4 is 16.8 Å². The average molecular weight is 432 g/mol. The minimum Gasteiger partial charge on any atom is -0.306 e. The van der Waals surface area contributed by atoms with E-state index in [1.165, 1.54) is 5.56 Å². The minimum atomic E-state index is -0.00801. The number of benzene rings is 4. The van der Waals surface area contributed by atoms with Crippen molar-refractivity contribution in [2.24, 2.45) is 0 Å². The van der Waals surface area contributed by atoms with Crippen LogP contribution in [0.4, 0.5) is 0 Å². The van der Waals surface area contributed by atoms with Gasteiger partial charge in [0.15, 0.2) is 5.78 Å². The molecule has 33 heavy (non-hydrogen) atoms. The molecule has 1 aromatic heterocycles. The van der Waals surface area contributed by atoms with Crippen LogP contribution in [0.15, 0.2) is 103 Å². The monoisotopic (exact) mass is 431 g/mol. The Morgan fingerprint density at radius 2 is 1.27 bits per heavy atom. The third kappa shape index (κ3) is 4.15. The van der Waals surface area contributed by atoms with Crippen LogP contribution in [0.2, 0.25) is 0 Å². The largest absolute Gasteiger partial charge is 0.306 e. The molecule has 1 N–H and O–H groups in total. The van der Waals surface area contributed by atoms with Gasteiger partial charge in [-0.25, -0.2) is 0 Å². The zero-order valence-corrected chi connectivity index (χ0v) is 18.5. The first-order chi connectivity index (χ1) is 16.1. The van der Waals surface area contributed by atoms with Crippen LogP contribution in [0.3, 0.4) is 0 Å². The van der Waals surface area contributed by atoms with Gasteiger partial charge < -0.3 is 9.13 Å². The Kier molecular flexibility index (Phi) is 5.49. The molecule has 0 saturated heterocycles. The van der Waals surface area contributed by atoms with Gasteiger partial charge in [0.2, 0.25) is 5.62 Å². The van der Waals surface area contributed by atoms with Crippen molar-refractivity contribution in [1.29, 1.82) is 5.41 Å². The number of Topliss-reactive ketones (excluding diaryl/α,β-unsaturated/α-hetero) is 1. The molecule has 4 heteroatoms. The highest BCUT2D eigenvalue weighted by molar-refractivity contribution is 5.97. The smallest absolute Gasteiger partial charge is 0.203 e. The topological polar surface area (TPSA) is 50.8 Å². The molecule has 0 spiro atoms. The van der Waals surface area contributed by atoms with E-state index in [2.05, 4.69) is 43.3 Å². The fourth-order valence-corrected chi connectivity index (χ4v) is 4.20. The number of ketones is 1. The predicted octanol–water partition coefficient (Wildman–Crippen LogP) is 5.83. The van der Waals surface area contributed by atoms with Crippen LogP contribution >= 0.6 is 0 Å². The standard InChI is InChI=1S/C29H25N3O/c1-21-11-13-22(14-12-21)19-31-26-9-5-6-10-27(26)32(29(31)30)20-28(33)25-17-15-24(16-18-25)23-7-3-2-4-8-23/h2-18,30H,19-20H2,1H3. The third-order valence-electron chi connectivity index (χ3n) is 6.05. The fourth-order valence-electron chi connectivity index (χ4n) is 4.20. The first kappa shape index (κ1) is 20.7. The van der Waals surface area contributed by atoms with Crippen molar-refractivity contribution in [3.63, 3.8) is 0 Å². The van der Waals surface area contributed by atoms with Gasteiger partial charge in [0, 0.05) is 5.56 Å². The predicted molar refractivity (Wildman–Crippen MR) is 132 cm³/mol. The molecule has 0 aliphatic rings. The van der Waals surface area contributed by atoms with E-state index in [4.69, 9.17) is 5.41 Å². The number of imidazole rings is 1. The Balaban J connectivity index is 1.45. The van der Waals surface area contributed by atoms with Crippen LogP contribution < -0.4 is 5.62 Å². The van der Waals surface area contributed by atoms with Gasteiger partial charge in [0.25, 0.3) is 0 Å². The summed E-state index contributed by atoms with van der Waals surface area (Å²) in [5.41, 5.74) is 7.36. The van der Waals surface area contributed by atoms with Gasteiger partial charge in [-0.05, 0) is 35.7 Å². The van der Waals surface area contributed by atoms with Gasteiger partial charge in [-0.1, -0.05) is 96.6 Å². The van der Waals surface area contributed by atoms with Crippen LogP contribution in [-0.4, -0.2) is 14.9 Å². The first-order valence-corrected chi connectivity index (χ1v) is 11.1. The minimum absolute atomic E-state index is 0.00801. The van der Waals surface area contributed by atoms with Crippen LogP contribution in [0.5, 0.6) is 0 Å².